The van der Waals surface area contributed by atoms with Crippen molar-refractivity contribution in [3.63, 3.8) is 0 Å². The quantitative estimate of drug-likeness (QED) is 0.779. The molecular formula is C15H18N6O. The largest absolute Gasteiger partial charge is 0.350 e. The fourth-order valence-electron chi connectivity index (χ4n) is 2.72. The number of nitrogens with one attached hydrogen (secondary N) is 1. The highest BCUT2D eigenvalue weighted by Gasteiger charge is 2.12. The molecule has 0 aliphatic rings. The highest BCUT2D eigenvalue weighted by atomic mass is 16.2. The molecule has 0 aliphatic carbocycles. The molecule has 3 rings (SSSR count). The fraction of sp³-hybridized carbons (Fsp3) is 0.333. The number of benzene rings is 1. The Bertz CT molecular complexity index is 832. The smallest absolute Gasteiger partial charge is 0.292 e. The van der Waals surface area contributed by atoms with E-state index in [-0.39, 0.29) is 11.7 Å². The Morgan fingerprint density at radius 2 is 2.14 bits per heavy atom. The molecule has 7 heteroatoms. The number of hydrogen-bond donors (Lipinski definition) is 1. The first-order valence-electron chi connectivity index (χ1n) is 7.12. The van der Waals surface area contributed by atoms with Gasteiger partial charge in [0, 0.05) is 25.2 Å². The average Bonchev–Trinajstić information content (AvgIpc) is 3.04. The summed E-state index contributed by atoms with van der Waals surface area (Å²) >= 11 is 0. The van der Waals surface area contributed by atoms with Crippen LogP contribution < -0.4 is 5.32 Å². The normalized spacial score (nSPS) is 11.0. The minimum absolute atomic E-state index is 0.0938. The number of carbonyl (C=O) groups is 1. The zero-order valence-electron chi connectivity index (χ0n) is 12.9. The summed E-state index contributed by atoms with van der Waals surface area (Å²) in [6, 6.07) is 6.28. The van der Waals surface area contributed by atoms with Gasteiger partial charge in [0.25, 0.3) is 11.7 Å². The molecule has 0 unspecified atom stereocenters. The van der Waals surface area contributed by atoms with E-state index in [1.807, 2.05) is 7.05 Å². The van der Waals surface area contributed by atoms with Crippen molar-refractivity contribution in [2.24, 2.45) is 14.1 Å². The van der Waals surface area contributed by atoms with Gasteiger partial charge in [-0.3, -0.25) is 4.79 Å². The van der Waals surface area contributed by atoms with Gasteiger partial charge < -0.3 is 9.88 Å². The van der Waals surface area contributed by atoms with E-state index < -0.39 is 0 Å². The summed E-state index contributed by atoms with van der Waals surface area (Å²) in [5.74, 6) is -0.208. The summed E-state index contributed by atoms with van der Waals surface area (Å²) in [7, 11) is 3.67. The Kier molecular flexibility index (Phi) is 3.62. The molecule has 7 nitrogen and oxygen atoms in total. The molecule has 0 atom stereocenters. The number of amides is 1. The Morgan fingerprint density at radius 1 is 1.32 bits per heavy atom. The van der Waals surface area contributed by atoms with Gasteiger partial charge in [-0.2, -0.15) is 4.80 Å². The number of tetrazole rings is 1. The molecule has 1 aromatic carbocycles. The second-order valence-electron chi connectivity index (χ2n) is 5.34. The van der Waals surface area contributed by atoms with Gasteiger partial charge in [-0.15, -0.1) is 10.2 Å². The molecule has 114 valence electrons. The average molecular weight is 298 g/mol. The molecule has 0 spiro atoms. The first-order chi connectivity index (χ1) is 10.6. The lowest BCUT2D eigenvalue weighted by Gasteiger charge is -2.02. The van der Waals surface area contributed by atoms with Crippen molar-refractivity contribution in [3.8, 4) is 0 Å². The fourth-order valence-corrected chi connectivity index (χ4v) is 2.72. The topological polar surface area (TPSA) is 77.6 Å². The first-order valence-corrected chi connectivity index (χ1v) is 7.12. The first kappa shape index (κ1) is 14.2. The number of nitrogens with zero attached hydrogens (tertiary/aromatic N) is 5. The van der Waals surface area contributed by atoms with Crippen LogP contribution in [0.2, 0.25) is 0 Å². The maximum absolute atomic E-state index is 11.9. The van der Waals surface area contributed by atoms with Gasteiger partial charge in [-0.1, -0.05) is 18.2 Å². The van der Waals surface area contributed by atoms with Gasteiger partial charge in [0.05, 0.1) is 12.6 Å². The summed E-state index contributed by atoms with van der Waals surface area (Å²) in [4.78, 5) is 13.1. The predicted molar refractivity (Wildman–Crippen MR) is 82.5 cm³/mol. The van der Waals surface area contributed by atoms with Crippen LogP contribution in [0.1, 0.15) is 21.7 Å². The molecule has 0 saturated heterocycles. The van der Waals surface area contributed by atoms with E-state index in [9.17, 15) is 4.79 Å². The Hall–Kier alpha value is -2.70. The molecule has 2 aromatic heterocycles. The molecule has 0 fully saturated rings. The van der Waals surface area contributed by atoms with E-state index in [4.69, 9.17) is 0 Å². The molecule has 3 aromatic rings. The molecule has 1 N–H and O–H groups in total. The number of hydrogen-bond acceptors (Lipinski definition) is 4. The lowest BCUT2D eigenvalue weighted by molar-refractivity contribution is 0.0943. The van der Waals surface area contributed by atoms with Gasteiger partial charge in [-0.05, 0) is 29.7 Å². The van der Waals surface area contributed by atoms with Crippen LogP contribution >= 0.6 is 0 Å². The molecule has 0 bridgehead atoms. The Balaban J connectivity index is 1.70. The molecule has 1 amide bonds. The van der Waals surface area contributed by atoms with Crippen LogP contribution in [0.15, 0.2) is 24.4 Å². The van der Waals surface area contributed by atoms with E-state index >= 15 is 0 Å². The zero-order chi connectivity index (χ0) is 15.7. The predicted octanol–water partition coefficient (Wildman–Crippen LogP) is 0.983. The lowest BCUT2D eigenvalue weighted by Crippen LogP contribution is -2.26. The van der Waals surface area contributed by atoms with Crippen LogP contribution in [0.25, 0.3) is 10.9 Å². The van der Waals surface area contributed by atoms with Gasteiger partial charge in [-0.25, -0.2) is 0 Å². The van der Waals surface area contributed by atoms with E-state index in [1.165, 1.54) is 26.8 Å². The molecule has 2 heterocycles. The van der Waals surface area contributed by atoms with Crippen molar-refractivity contribution in [3.05, 3.63) is 41.3 Å². The number of carbonyl (C=O) groups excluding carboxylic acids is 1. The van der Waals surface area contributed by atoms with E-state index in [2.05, 4.69) is 56.6 Å². The lowest BCUT2D eigenvalue weighted by atomic mass is 10.1. The monoisotopic (exact) mass is 298 g/mol. The number of aromatic nitrogens is 5. The van der Waals surface area contributed by atoms with Gasteiger partial charge in [0.15, 0.2) is 0 Å². The minimum atomic E-state index is -0.301. The van der Waals surface area contributed by atoms with Crippen LogP contribution in [0.5, 0.6) is 0 Å². The van der Waals surface area contributed by atoms with Crippen LogP contribution in [0.4, 0.5) is 0 Å². The highest BCUT2D eigenvalue weighted by molar-refractivity contribution is 5.90. The van der Waals surface area contributed by atoms with E-state index in [0.717, 1.165) is 6.42 Å². The molecule has 0 aliphatic heterocycles. The van der Waals surface area contributed by atoms with Crippen LogP contribution in [0, 0.1) is 6.92 Å². The number of rotatable bonds is 4. The van der Waals surface area contributed by atoms with Crippen LogP contribution in [-0.4, -0.2) is 37.2 Å². The third kappa shape index (κ3) is 2.57. The Morgan fingerprint density at radius 3 is 2.86 bits per heavy atom. The summed E-state index contributed by atoms with van der Waals surface area (Å²) in [6.45, 7) is 2.64. The van der Waals surface area contributed by atoms with Gasteiger partial charge in [0.1, 0.15) is 0 Å². The van der Waals surface area contributed by atoms with Crippen molar-refractivity contribution >= 4 is 16.8 Å². The highest BCUT2D eigenvalue weighted by Crippen LogP contribution is 2.23. The van der Waals surface area contributed by atoms with Gasteiger partial charge >= 0.3 is 0 Å². The maximum Gasteiger partial charge on any atom is 0.292 e. The summed E-state index contributed by atoms with van der Waals surface area (Å²) in [5.41, 5.74) is 3.70. The minimum Gasteiger partial charge on any atom is -0.350 e. The second kappa shape index (κ2) is 5.59. The number of fused-ring (bicyclic) bond motifs is 1. The maximum atomic E-state index is 11.9. The third-order valence-corrected chi connectivity index (χ3v) is 3.68. The van der Waals surface area contributed by atoms with Crippen LogP contribution in [-0.2, 0) is 20.5 Å². The second-order valence-corrected chi connectivity index (χ2v) is 5.34. The third-order valence-electron chi connectivity index (χ3n) is 3.68. The zero-order valence-corrected chi connectivity index (χ0v) is 12.9. The molecule has 22 heavy (non-hydrogen) atoms. The van der Waals surface area contributed by atoms with Crippen LogP contribution in [0.3, 0.4) is 0 Å². The van der Waals surface area contributed by atoms with Gasteiger partial charge in [0.2, 0.25) is 0 Å². The summed E-state index contributed by atoms with van der Waals surface area (Å²) in [6.07, 6.45) is 2.87. The van der Waals surface area contributed by atoms with Crippen molar-refractivity contribution in [2.75, 3.05) is 6.54 Å². The van der Waals surface area contributed by atoms with E-state index in [0.29, 0.717) is 6.54 Å². The SMILES string of the molecule is Cc1cccc2c(CCNC(=O)c3nnn(C)n3)cn(C)c12. The van der Waals surface area contributed by atoms with Crippen molar-refractivity contribution in [1.29, 1.82) is 0 Å². The molecule has 0 saturated carbocycles. The number of aryl methyl sites for hydroxylation is 3. The Labute approximate surface area is 127 Å². The van der Waals surface area contributed by atoms with Crippen molar-refractivity contribution in [2.45, 2.75) is 13.3 Å². The standard InChI is InChI=1S/C15H18N6O/c1-10-5-4-6-12-11(9-20(2)13(10)12)7-8-16-15(22)14-17-19-21(3)18-14/h4-6,9H,7-8H2,1-3H3,(H,16,22). The summed E-state index contributed by atoms with van der Waals surface area (Å²) in [5, 5.41) is 15.3. The summed E-state index contributed by atoms with van der Waals surface area (Å²) < 4.78 is 2.13. The molecule has 0 radical (unpaired) electrons. The van der Waals surface area contributed by atoms with Crippen molar-refractivity contribution in [1.82, 2.24) is 30.1 Å². The number of para-hydroxylation sites is 1. The molecular weight excluding hydrogens is 280 g/mol. The van der Waals surface area contributed by atoms with E-state index in [1.54, 1.807) is 7.05 Å². The van der Waals surface area contributed by atoms with Crippen molar-refractivity contribution < 1.29 is 4.79 Å².